The molecule has 0 spiro atoms. The first-order valence-corrected chi connectivity index (χ1v) is 10.6. The molecule has 2 aromatic carbocycles. The molecular weight excluding hydrogens is 362 g/mol. The van der Waals surface area contributed by atoms with Crippen LogP contribution in [0.1, 0.15) is 17.5 Å². The first kappa shape index (κ1) is 20.8. The van der Waals surface area contributed by atoms with Gasteiger partial charge in [-0.3, -0.25) is 9.10 Å². The lowest BCUT2D eigenvalue weighted by molar-refractivity contribution is -0.116. The van der Waals surface area contributed by atoms with E-state index >= 15 is 0 Å². The maximum Gasteiger partial charge on any atom is 0.232 e. The van der Waals surface area contributed by atoms with Crippen molar-refractivity contribution in [2.24, 2.45) is 0 Å². The van der Waals surface area contributed by atoms with Crippen molar-refractivity contribution in [3.05, 3.63) is 53.6 Å². The van der Waals surface area contributed by atoms with E-state index < -0.39 is 10.0 Å². The molecule has 0 radical (unpaired) electrons. The predicted molar refractivity (Wildman–Crippen MR) is 112 cm³/mol. The van der Waals surface area contributed by atoms with Crippen LogP contribution in [0.4, 0.5) is 17.1 Å². The topological polar surface area (TPSA) is 69.7 Å². The van der Waals surface area contributed by atoms with Crippen molar-refractivity contribution in [2.75, 3.05) is 41.4 Å². The van der Waals surface area contributed by atoms with Gasteiger partial charge in [-0.05, 0) is 49.2 Å². The minimum absolute atomic E-state index is 0.0658. The van der Waals surface area contributed by atoms with Crippen molar-refractivity contribution in [2.45, 2.75) is 20.3 Å². The van der Waals surface area contributed by atoms with Gasteiger partial charge in [0.05, 0.1) is 11.9 Å². The molecule has 7 heteroatoms. The zero-order valence-corrected chi connectivity index (χ0v) is 17.3. The average Bonchev–Trinajstić information content (AvgIpc) is 2.56. The largest absolute Gasteiger partial charge is 0.378 e. The molecule has 27 heavy (non-hydrogen) atoms. The first-order valence-electron chi connectivity index (χ1n) is 8.71. The van der Waals surface area contributed by atoms with Crippen LogP contribution in [0.25, 0.3) is 0 Å². The fourth-order valence-electron chi connectivity index (χ4n) is 2.91. The van der Waals surface area contributed by atoms with Crippen LogP contribution in [-0.4, -0.2) is 41.2 Å². The van der Waals surface area contributed by atoms with Gasteiger partial charge in [0.25, 0.3) is 0 Å². The summed E-state index contributed by atoms with van der Waals surface area (Å²) in [4.78, 5) is 14.3. The van der Waals surface area contributed by atoms with E-state index in [4.69, 9.17) is 0 Å². The van der Waals surface area contributed by atoms with E-state index in [-0.39, 0.29) is 18.9 Å². The lowest BCUT2D eigenvalue weighted by Gasteiger charge is -2.25. The minimum Gasteiger partial charge on any atom is -0.378 e. The van der Waals surface area contributed by atoms with Crippen molar-refractivity contribution < 1.29 is 13.2 Å². The molecule has 0 aliphatic rings. The molecule has 6 nitrogen and oxygen atoms in total. The van der Waals surface area contributed by atoms with E-state index in [2.05, 4.69) is 5.32 Å². The van der Waals surface area contributed by atoms with Crippen LogP contribution in [-0.2, 0) is 14.8 Å². The fourth-order valence-corrected chi connectivity index (χ4v) is 3.95. The Morgan fingerprint density at radius 3 is 2.04 bits per heavy atom. The number of hydrogen-bond donors (Lipinski definition) is 1. The second kappa shape index (κ2) is 8.43. The molecule has 0 aliphatic carbocycles. The normalized spacial score (nSPS) is 11.1. The summed E-state index contributed by atoms with van der Waals surface area (Å²) in [6.07, 6.45) is 1.23. The number of aryl methyl sites for hydroxylation is 2. The smallest absolute Gasteiger partial charge is 0.232 e. The Morgan fingerprint density at radius 1 is 1.00 bits per heavy atom. The Morgan fingerprint density at radius 2 is 1.56 bits per heavy atom. The second-order valence-electron chi connectivity index (χ2n) is 6.82. The molecule has 2 rings (SSSR count). The zero-order chi connectivity index (χ0) is 20.2. The van der Waals surface area contributed by atoms with Gasteiger partial charge in [-0.1, -0.05) is 18.2 Å². The summed E-state index contributed by atoms with van der Waals surface area (Å²) in [6.45, 7) is 3.83. The van der Waals surface area contributed by atoms with Crippen LogP contribution in [0.3, 0.4) is 0 Å². The number of amides is 1. The highest BCUT2D eigenvalue weighted by molar-refractivity contribution is 7.92. The van der Waals surface area contributed by atoms with Crippen molar-refractivity contribution >= 4 is 33.0 Å². The highest BCUT2D eigenvalue weighted by Crippen LogP contribution is 2.27. The zero-order valence-electron chi connectivity index (χ0n) is 16.5. The Hall–Kier alpha value is -2.54. The van der Waals surface area contributed by atoms with Crippen molar-refractivity contribution in [1.29, 1.82) is 0 Å². The molecule has 0 fully saturated rings. The lowest BCUT2D eigenvalue weighted by atomic mass is 10.1. The van der Waals surface area contributed by atoms with Crippen LogP contribution >= 0.6 is 0 Å². The van der Waals surface area contributed by atoms with Crippen molar-refractivity contribution in [3.63, 3.8) is 0 Å². The molecule has 0 aliphatic heterocycles. The summed E-state index contributed by atoms with van der Waals surface area (Å²) in [5.41, 5.74) is 4.08. The summed E-state index contributed by atoms with van der Waals surface area (Å²) < 4.78 is 25.9. The molecule has 0 atom stereocenters. The van der Waals surface area contributed by atoms with E-state index in [1.165, 1.54) is 4.31 Å². The third-order valence-electron chi connectivity index (χ3n) is 4.30. The number of benzene rings is 2. The number of sulfonamides is 1. The van der Waals surface area contributed by atoms with E-state index in [0.29, 0.717) is 11.4 Å². The standard InChI is InChI=1S/C20H27N3O3S/c1-15-7-6-8-16(2)20(15)23(27(5,25)26)14-13-19(24)21-17-9-11-18(12-10-17)22(3)4/h6-12H,13-14H2,1-5H3,(H,21,24). The minimum atomic E-state index is -3.50. The quantitative estimate of drug-likeness (QED) is 0.790. The van der Waals surface area contributed by atoms with E-state index in [9.17, 15) is 13.2 Å². The highest BCUT2D eigenvalue weighted by Gasteiger charge is 2.21. The number of carbonyl (C=O) groups excluding carboxylic acids is 1. The van der Waals surface area contributed by atoms with Crippen LogP contribution in [0.15, 0.2) is 42.5 Å². The number of anilines is 3. The molecule has 146 valence electrons. The Bertz CT molecular complexity index is 886. The molecule has 0 unspecified atom stereocenters. The third kappa shape index (κ3) is 5.47. The second-order valence-corrected chi connectivity index (χ2v) is 8.72. The van der Waals surface area contributed by atoms with E-state index in [0.717, 1.165) is 23.1 Å². The molecule has 1 N–H and O–H groups in total. The average molecular weight is 390 g/mol. The first-order chi connectivity index (χ1) is 12.6. The molecule has 0 aromatic heterocycles. The van der Waals surface area contributed by atoms with Crippen LogP contribution in [0.5, 0.6) is 0 Å². The molecule has 0 saturated heterocycles. The van der Waals surface area contributed by atoms with Crippen LogP contribution < -0.4 is 14.5 Å². The van der Waals surface area contributed by atoms with Crippen molar-refractivity contribution in [3.8, 4) is 0 Å². The van der Waals surface area contributed by atoms with Crippen molar-refractivity contribution in [1.82, 2.24) is 0 Å². The molecule has 0 bridgehead atoms. The molecule has 0 saturated carbocycles. The van der Waals surface area contributed by atoms with Gasteiger partial charge in [-0.15, -0.1) is 0 Å². The molecular formula is C20H27N3O3S. The van der Waals surface area contributed by atoms with Gasteiger partial charge in [0, 0.05) is 38.4 Å². The van der Waals surface area contributed by atoms with Gasteiger partial charge >= 0.3 is 0 Å². The Labute approximate surface area is 161 Å². The van der Waals surface area contributed by atoms with Gasteiger partial charge in [0.2, 0.25) is 15.9 Å². The number of hydrogen-bond acceptors (Lipinski definition) is 4. The summed E-state index contributed by atoms with van der Waals surface area (Å²) >= 11 is 0. The van der Waals surface area contributed by atoms with Crippen LogP contribution in [0.2, 0.25) is 0 Å². The summed E-state index contributed by atoms with van der Waals surface area (Å²) in [5, 5.41) is 2.82. The number of para-hydroxylation sites is 1. The third-order valence-corrected chi connectivity index (χ3v) is 5.46. The van der Waals surface area contributed by atoms with Gasteiger partial charge in [0.15, 0.2) is 0 Å². The number of nitrogens with zero attached hydrogens (tertiary/aromatic N) is 2. The summed E-state index contributed by atoms with van der Waals surface area (Å²) in [7, 11) is 0.392. The number of carbonyl (C=O) groups is 1. The highest BCUT2D eigenvalue weighted by atomic mass is 32.2. The number of rotatable bonds is 7. The summed E-state index contributed by atoms with van der Waals surface area (Å²) in [6, 6.07) is 13.1. The van der Waals surface area contributed by atoms with E-state index in [1.54, 1.807) is 0 Å². The molecule has 1 amide bonds. The molecule has 0 heterocycles. The Kier molecular flexibility index (Phi) is 6.49. The lowest BCUT2D eigenvalue weighted by Crippen LogP contribution is -2.34. The maximum atomic E-state index is 12.3. The molecule has 2 aromatic rings. The summed E-state index contributed by atoms with van der Waals surface area (Å²) in [5.74, 6) is -0.229. The van der Waals surface area contributed by atoms with Gasteiger partial charge in [0.1, 0.15) is 0 Å². The SMILES string of the molecule is Cc1cccc(C)c1N(CCC(=O)Nc1ccc(N(C)C)cc1)S(C)(=O)=O. The van der Waals surface area contributed by atoms with Gasteiger partial charge in [-0.25, -0.2) is 8.42 Å². The predicted octanol–water partition coefficient (Wildman–Crippen LogP) is 3.16. The number of nitrogens with one attached hydrogen (secondary N) is 1. The Balaban J connectivity index is 2.10. The van der Waals surface area contributed by atoms with E-state index in [1.807, 2.05) is 75.3 Å². The fraction of sp³-hybridized carbons (Fsp3) is 0.350. The van der Waals surface area contributed by atoms with Gasteiger partial charge in [-0.2, -0.15) is 0 Å². The monoisotopic (exact) mass is 389 g/mol. The maximum absolute atomic E-state index is 12.3. The van der Waals surface area contributed by atoms with Crippen LogP contribution in [0, 0.1) is 13.8 Å². The van der Waals surface area contributed by atoms with Gasteiger partial charge < -0.3 is 10.2 Å².